The Balaban J connectivity index is 1.48. The molecule has 0 radical (unpaired) electrons. The van der Waals surface area contributed by atoms with Crippen LogP contribution < -0.4 is 10.6 Å². The third-order valence-corrected chi connectivity index (χ3v) is 3.14. The minimum Gasteiger partial charge on any atom is -0.367 e. The van der Waals surface area contributed by atoms with E-state index in [1.54, 1.807) is 0 Å². The van der Waals surface area contributed by atoms with Crippen molar-refractivity contribution in [2.45, 2.75) is 19.3 Å². The summed E-state index contributed by atoms with van der Waals surface area (Å²) in [6.45, 7) is 4.70. The van der Waals surface area contributed by atoms with Crippen LogP contribution in [0, 0.1) is 5.92 Å². The summed E-state index contributed by atoms with van der Waals surface area (Å²) in [7, 11) is 0. The number of H-pyrrole nitrogens is 1. The molecule has 1 saturated heterocycles. The summed E-state index contributed by atoms with van der Waals surface area (Å²) in [5.74, 6) is 0.907. The van der Waals surface area contributed by atoms with Crippen LogP contribution in [0.5, 0.6) is 0 Å². The highest BCUT2D eigenvalue weighted by Crippen LogP contribution is 2.10. The number of aromatic nitrogens is 1. The van der Waals surface area contributed by atoms with Crippen molar-refractivity contribution in [1.29, 1.82) is 0 Å². The number of hydrogen-bond donors (Lipinski definition) is 3. The van der Waals surface area contributed by atoms with E-state index in [0.29, 0.717) is 0 Å². The van der Waals surface area contributed by atoms with Gasteiger partial charge in [-0.1, -0.05) is 0 Å². The molecule has 1 atom stereocenters. The van der Waals surface area contributed by atoms with Crippen molar-refractivity contribution in [2.24, 2.45) is 5.92 Å². The van der Waals surface area contributed by atoms with Gasteiger partial charge in [0.15, 0.2) is 0 Å². The molecule has 1 aliphatic rings. The monoisotopic (exact) mass is 207 g/mol. The fourth-order valence-electron chi connectivity index (χ4n) is 2.14. The fourth-order valence-corrected chi connectivity index (χ4v) is 2.14. The van der Waals surface area contributed by atoms with Crippen LogP contribution in [-0.2, 0) is 6.42 Å². The van der Waals surface area contributed by atoms with E-state index in [1.807, 2.05) is 6.20 Å². The highest BCUT2D eigenvalue weighted by atomic mass is 14.9. The van der Waals surface area contributed by atoms with Crippen molar-refractivity contribution in [3.8, 4) is 0 Å². The third-order valence-electron chi connectivity index (χ3n) is 3.14. The van der Waals surface area contributed by atoms with Gasteiger partial charge in [0, 0.05) is 12.4 Å². The van der Waals surface area contributed by atoms with E-state index in [4.69, 9.17) is 0 Å². The van der Waals surface area contributed by atoms with E-state index >= 15 is 0 Å². The van der Waals surface area contributed by atoms with E-state index < -0.39 is 0 Å². The fraction of sp³-hybridized carbons (Fsp3) is 0.667. The lowest BCUT2D eigenvalue weighted by atomic mass is 10.1. The second kappa shape index (κ2) is 5.93. The van der Waals surface area contributed by atoms with E-state index in [2.05, 4.69) is 27.9 Å². The average molecular weight is 207 g/mol. The first-order valence-electron chi connectivity index (χ1n) is 5.98. The Morgan fingerprint density at radius 2 is 2.40 bits per heavy atom. The first-order valence-corrected chi connectivity index (χ1v) is 5.98. The quantitative estimate of drug-likeness (QED) is 0.612. The average Bonchev–Trinajstić information content (AvgIpc) is 2.88. The predicted molar refractivity (Wildman–Crippen MR) is 63.0 cm³/mol. The molecule has 0 saturated carbocycles. The Hall–Kier alpha value is -0.800. The number of nitrogens with one attached hydrogen (secondary N) is 3. The van der Waals surface area contributed by atoms with Gasteiger partial charge in [0.25, 0.3) is 0 Å². The first-order chi connectivity index (χ1) is 7.45. The molecule has 15 heavy (non-hydrogen) atoms. The molecule has 1 fully saturated rings. The normalized spacial score (nSPS) is 20.9. The SMILES string of the molecule is c1cc(CCNCCC2CCNC2)c[nH]1. The van der Waals surface area contributed by atoms with Crippen LogP contribution in [0.2, 0.25) is 0 Å². The van der Waals surface area contributed by atoms with Crippen LogP contribution in [0.25, 0.3) is 0 Å². The lowest BCUT2D eigenvalue weighted by Gasteiger charge is -2.08. The summed E-state index contributed by atoms with van der Waals surface area (Å²) < 4.78 is 0. The zero-order chi connectivity index (χ0) is 10.3. The number of hydrogen-bond acceptors (Lipinski definition) is 2. The standard InChI is InChI=1S/C12H21N3/c1(11-3-7-14-9-11)5-13-6-2-12-4-8-15-10-12/h3,7,9,12-15H,1-2,4-6,8,10H2. The molecule has 0 spiro atoms. The van der Waals surface area contributed by atoms with E-state index in [1.165, 1.54) is 31.5 Å². The van der Waals surface area contributed by atoms with Gasteiger partial charge in [0.1, 0.15) is 0 Å². The van der Waals surface area contributed by atoms with Crippen molar-refractivity contribution < 1.29 is 0 Å². The van der Waals surface area contributed by atoms with Crippen LogP contribution in [0.1, 0.15) is 18.4 Å². The molecule has 1 aromatic rings. The maximum Gasteiger partial charge on any atom is 0.00378 e. The summed E-state index contributed by atoms with van der Waals surface area (Å²) in [5.41, 5.74) is 1.39. The lowest BCUT2D eigenvalue weighted by Crippen LogP contribution is -2.21. The van der Waals surface area contributed by atoms with Gasteiger partial charge in [-0.3, -0.25) is 0 Å². The largest absolute Gasteiger partial charge is 0.367 e. The Labute approximate surface area is 91.7 Å². The van der Waals surface area contributed by atoms with Crippen molar-refractivity contribution in [2.75, 3.05) is 26.2 Å². The van der Waals surface area contributed by atoms with Gasteiger partial charge in [-0.15, -0.1) is 0 Å². The molecule has 2 heterocycles. The summed E-state index contributed by atoms with van der Waals surface area (Å²) in [4.78, 5) is 3.08. The highest BCUT2D eigenvalue weighted by molar-refractivity contribution is 5.08. The molecule has 3 nitrogen and oxygen atoms in total. The molecule has 3 heteroatoms. The topological polar surface area (TPSA) is 39.8 Å². The van der Waals surface area contributed by atoms with Crippen LogP contribution in [0.4, 0.5) is 0 Å². The number of aromatic amines is 1. The highest BCUT2D eigenvalue weighted by Gasteiger charge is 2.12. The molecular weight excluding hydrogens is 186 g/mol. The van der Waals surface area contributed by atoms with Crippen LogP contribution in [-0.4, -0.2) is 31.2 Å². The maximum absolute atomic E-state index is 3.51. The number of rotatable bonds is 6. The van der Waals surface area contributed by atoms with Gasteiger partial charge >= 0.3 is 0 Å². The smallest absolute Gasteiger partial charge is 0.00378 e. The van der Waals surface area contributed by atoms with Crippen molar-refractivity contribution in [3.63, 3.8) is 0 Å². The van der Waals surface area contributed by atoms with Gasteiger partial charge in [-0.2, -0.15) is 0 Å². The molecule has 1 aromatic heterocycles. The second-order valence-corrected chi connectivity index (χ2v) is 4.37. The lowest BCUT2D eigenvalue weighted by molar-refractivity contribution is 0.501. The van der Waals surface area contributed by atoms with E-state index in [9.17, 15) is 0 Å². The van der Waals surface area contributed by atoms with Gasteiger partial charge in [0.2, 0.25) is 0 Å². The van der Waals surface area contributed by atoms with Gasteiger partial charge in [-0.05, 0) is 63.0 Å². The molecular formula is C12H21N3. The molecule has 84 valence electrons. The zero-order valence-electron chi connectivity index (χ0n) is 9.26. The van der Waals surface area contributed by atoms with Crippen LogP contribution in [0.15, 0.2) is 18.5 Å². The van der Waals surface area contributed by atoms with Crippen molar-refractivity contribution in [1.82, 2.24) is 15.6 Å². The van der Waals surface area contributed by atoms with Crippen molar-refractivity contribution >= 4 is 0 Å². The van der Waals surface area contributed by atoms with E-state index in [-0.39, 0.29) is 0 Å². The third kappa shape index (κ3) is 3.68. The predicted octanol–water partition coefficient (Wildman–Crippen LogP) is 1.15. The van der Waals surface area contributed by atoms with Crippen LogP contribution in [0.3, 0.4) is 0 Å². The minimum absolute atomic E-state index is 0.907. The van der Waals surface area contributed by atoms with Crippen molar-refractivity contribution in [3.05, 3.63) is 24.0 Å². The Kier molecular flexibility index (Phi) is 4.23. The molecule has 3 N–H and O–H groups in total. The Morgan fingerprint density at radius 3 is 3.13 bits per heavy atom. The van der Waals surface area contributed by atoms with E-state index in [0.717, 1.165) is 25.4 Å². The van der Waals surface area contributed by atoms with Gasteiger partial charge < -0.3 is 15.6 Å². The second-order valence-electron chi connectivity index (χ2n) is 4.37. The summed E-state index contributed by atoms with van der Waals surface area (Å²) in [6.07, 6.45) is 7.87. The molecule has 1 unspecified atom stereocenters. The minimum atomic E-state index is 0.907. The molecule has 2 rings (SSSR count). The molecule has 0 bridgehead atoms. The Morgan fingerprint density at radius 1 is 1.40 bits per heavy atom. The summed E-state index contributed by atoms with van der Waals surface area (Å²) in [6, 6.07) is 2.14. The molecule has 1 aliphatic heterocycles. The first kappa shape index (κ1) is 10.7. The Bertz CT molecular complexity index is 250. The zero-order valence-corrected chi connectivity index (χ0v) is 9.26. The maximum atomic E-state index is 3.51. The van der Waals surface area contributed by atoms with Gasteiger partial charge in [0.05, 0.1) is 0 Å². The molecule has 0 aliphatic carbocycles. The molecule has 0 aromatic carbocycles. The van der Waals surface area contributed by atoms with Gasteiger partial charge in [-0.25, -0.2) is 0 Å². The summed E-state index contributed by atoms with van der Waals surface area (Å²) in [5, 5.41) is 6.91. The van der Waals surface area contributed by atoms with Crippen LogP contribution >= 0.6 is 0 Å². The summed E-state index contributed by atoms with van der Waals surface area (Å²) >= 11 is 0. The molecule has 0 amide bonds.